The number of hydrogen-bond acceptors (Lipinski definition) is 1. The molecule has 0 radical (unpaired) electrons. The Morgan fingerprint density at radius 1 is 0.783 bits per heavy atom. The van der Waals surface area contributed by atoms with Crippen molar-refractivity contribution in [3.63, 3.8) is 0 Å². The molecule has 0 N–H and O–H groups in total. The number of alkyl halides is 1. The molecule has 1 aromatic heterocycles. The molecule has 0 aliphatic rings. The van der Waals surface area contributed by atoms with Crippen molar-refractivity contribution < 1.29 is 0 Å². The van der Waals surface area contributed by atoms with Gasteiger partial charge in [-0.05, 0) is 28.5 Å². The van der Waals surface area contributed by atoms with Gasteiger partial charge in [0.1, 0.15) is 0 Å². The third-order valence-electron chi connectivity index (χ3n) is 3.99. The Morgan fingerprint density at radius 2 is 1.48 bits per heavy atom. The fraction of sp³-hybridized carbons (Fsp3) is 0.0500. The Hall–Kier alpha value is -2.09. The highest BCUT2D eigenvalue weighted by atomic mass is 35.5. The normalized spacial score (nSPS) is 10.7. The lowest BCUT2D eigenvalue weighted by Crippen LogP contribution is -1.93. The van der Waals surface area contributed by atoms with Crippen molar-refractivity contribution in [1.82, 2.24) is 4.98 Å². The van der Waals surface area contributed by atoms with Crippen molar-refractivity contribution in [3.8, 4) is 11.3 Å². The molecule has 4 rings (SSSR count). The van der Waals surface area contributed by atoms with Gasteiger partial charge in [-0.1, -0.05) is 60.7 Å². The molecule has 0 fully saturated rings. The number of nitrogens with zero attached hydrogens (tertiary/aromatic N) is 1. The molecule has 0 aliphatic heterocycles. The highest BCUT2D eigenvalue weighted by Crippen LogP contribution is 2.32. The number of para-hydroxylation sites is 1. The number of benzene rings is 3. The van der Waals surface area contributed by atoms with Gasteiger partial charge in [0.2, 0.25) is 0 Å². The fourth-order valence-corrected chi connectivity index (χ4v) is 3.13. The van der Waals surface area contributed by atoms with Gasteiger partial charge in [0.25, 0.3) is 0 Å². The van der Waals surface area contributed by atoms with Gasteiger partial charge in [0.05, 0.1) is 11.2 Å². The summed E-state index contributed by atoms with van der Waals surface area (Å²) in [6.07, 6.45) is 0. The second-order valence-corrected chi connectivity index (χ2v) is 5.62. The Labute approximate surface area is 146 Å². The van der Waals surface area contributed by atoms with Gasteiger partial charge in [0.15, 0.2) is 0 Å². The number of rotatable bonds is 2. The van der Waals surface area contributed by atoms with Gasteiger partial charge in [-0.3, -0.25) is 0 Å². The molecule has 0 unspecified atom stereocenters. The lowest BCUT2D eigenvalue weighted by Gasteiger charge is -2.11. The van der Waals surface area contributed by atoms with Crippen molar-refractivity contribution >= 4 is 45.7 Å². The highest BCUT2D eigenvalue weighted by molar-refractivity contribution is 6.17. The first kappa shape index (κ1) is 15.8. The first-order valence-corrected chi connectivity index (χ1v) is 7.83. The van der Waals surface area contributed by atoms with Crippen molar-refractivity contribution in [3.05, 3.63) is 78.4 Å². The molecule has 23 heavy (non-hydrogen) atoms. The first-order chi connectivity index (χ1) is 10.9. The van der Waals surface area contributed by atoms with E-state index in [0.29, 0.717) is 5.88 Å². The van der Waals surface area contributed by atoms with Gasteiger partial charge in [-0.25, -0.2) is 4.98 Å². The molecule has 0 spiro atoms. The number of pyridine rings is 1. The molecule has 0 saturated carbocycles. The Morgan fingerprint density at radius 3 is 2.30 bits per heavy atom. The van der Waals surface area contributed by atoms with Gasteiger partial charge in [0, 0.05) is 16.8 Å². The maximum atomic E-state index is 6.19. The predicted octanol–water partition coefficient (Wildman–Crippen LogP) is 6.22. The summed E-state index contributed by atoms with van der Waals surface area (Å²) in [6.45, 7) is 0. The van der Waals surface area contributed by atoms with Crippen LogP contribution in [0.4, 0.5) is 0 Å². The minimum absolute atomic E-state index is 0. The SMILES string of the molecule is Cl.ClCc1cc2ccccc2nc1-c1cccc2ccccc12. The maximum Gasteiger partial charge on any atom is 0.0760 e. The van der Waals surface area contributed by atoms with E-state index in [2.05, 4.69) is 54.6 Å². The summed E-state index contributed by atoms with van der Waals surface area (Å²) >= 11 is 6.19. The number of fused-ring (bicyclic) bond motifs is 2. The van der Waals surface area contributed by atoms with Crippen molar-refractivity contribution in [2.45, 2.75) is 5.88 Å². The number of halogens is 2. The average molecular weight is 340 g/mol. The minimum atomic E-state index is 0. The van der Waals surface area contributed by atoms with Crippen LogP contribution in [0.5, 0.6) is 0 Å². The zero-order chi connectivity index (χ0) is 14.9. The second kappa shape index (κ2) is 6.57. The summed E-state index contributed by atoms with van der Waals surface area (Å²) in [5, 5.41) is 3.55. The third kappa shape index (κ3) is 2.78. The van der Waals surface area contributed by atoms with E-state index in [1.165, 1.54) is 10.8 Å². The van der Waals surface area contributed by atoms with Crippen LogP contribution in [0.2, 0.25) is 0 Å². The molecule has 0 amide bonds. The standard InChI is InChI=1S/C20H14ClN.ClH/c21-13-16-12-15-7-2-4-11-19(15)22-20(16)18-10-5-8-14-6-1-3-9-17(14)18;/h1-12H,13H2;1H. The molecule has 0 saturated heterocycles. The molecular formula is C20H15Cl2N. The summed E-state index contributed by atoms with van der Waals surface area (Å²) in [7, 11) is 0. The van der Waals surface area contributed by atoms with E-state index in [1.54, 1.807) is 0 Å². The Kier molecular flexibility index (Phi) is 4.51. The minimum Gasteiger partial charge on any atom is -0.247 e. The maximum absolute atomic E-state index is 6.19. The van der Waals surface area contributed by atoms with Crippen LogP contribution in [0.3, 0.4) is 0 Å². The molecule has 1 nitrogen and oxygen atoms in total. The van der Waals surface area contributed by atoms with Crippen LogP contribution in [-0.4, -0.2) is 4.98 Å². The van der Waals surface area contributed by atoms with Gasteiger partial charge in [-0.15, -0.1) is 24.0 Å². The van der Waals surface area contributed by atoms with Gasteiger partial charge < -0.3 is 0 Å². The smallest absolute Gasteiger partial charge is 0.0760 e. The van der Waals surface area contributed by atoms with Crippen LogP contribution in [-0.2, 0) is 5.88 Å². The van der Waals surface area contributed by atoms with Crippen LogP contribution >= 0.6 is 24.0 Å². The molecule has 3 aromatic carbocycles. The average Bonchev–Trinajstić information content (AvgIpc) is 2.60. The van der Waals surface area contributed by atoms with E-state index >= 15 is 0 Å². The van der Waals surface area contributed by atoms with Crippen LogP contribution < -0.4 is 0 Å². The first-order valence-electron chi connectivity index (χ1n) is 7.29. The molecule has 3 heteroatoms. The lowest BCUT2D eigenvalue weighted by molar-refractivity contribution is 1.31. The summed E-state index contributed by atoms with van der Waals surface area (Å²) in [5.41, 5.74) is 4.18. The van der Waals surface area contributed by atoms with Crippen LogP contribution in [0, 0.1) is 0 Å². The van der Waals surface area contributed by atoms with Crippen LogP contribution in [0.15, 0.2) is 72.8 Å². The quantitative estimate of drug-likeness (QED) is 0.395. The molecule has 4 aromatic rings. The predicted molar refractivity (Wildman–Crippen MR) is 101 cm³/mol. The lowest BCUT2D eigenvalue weighted by atomic mass is 9.98. The molecule has 0 bridgehead atoms. The molecule has 0 aliphatic carbocycles. The monoisotopic (exact) mass is 339 g/mol. The fourth-order valence-electron chi connectivity index (χ4n) is 2.93. The largest absolute Gasteiger partial charge is 0.247 e. The summed E-state index contributed by atoms with van der Waals surface area (Å²) < 4.78 is 0. The zero-order valence-corrected chi connectivity index (χ0v) is 13.9. The van der Waals surface area contributed by atoms with Crippen molar-refractivity contribution in [2.24, 2.45) is 0 Å². The number of hydrogen-bond donors (Lipinski definition) is 0. The van der Waals surface area contributed by atoms with E-state index < -0.39 is 0 Å². The van der Waals surface area contributed by atoms with Crippen molar-refractivity contribution in [1.29, 1.82) is 0 Å². The third-order valence-corrected chi connectivity index (χ3v) is 4.28. The highest BCUT2D eigenvalue weighted by Gasteiger charge is 2.11. The van der Waals surface area contributed by atoms with E-state index in [-0.39, 0.29) is 12.4 Å². The van der Waals surface area contributed by atoms with Crippen LogP contribution in [0.1, 0.15) is 5.56 Å². The van der Waals surface area contributed by atoms with E-state index in [9.17, 15) is 0 Å². The summed E-state index contributed by atoms with van der Waals surface area (Å²) in [4.78, 5) is 4.88. The molecular weight excluding hydrogens is 325 g/mol. The Balaban J connectivity index is 0.00000156. The van der Waals surface area contributed by atoms with Gasteiger partial charge in [-0.2, -0.15) is 0 Å². The Bertz CT molecular complexity index is 974. The molecule has 0 atom stereocenters. The molecule has 114 valence electrons. The zero-order valence-electron chi connectivity index (χ0n) is 12.4. The van der Waals surface area contributed by atoms with E-state index in [4.69, 9.17) is 16.6 Å². The molecule has 1 heterocycles. The topological polar surface area (TPSA) is 12.9 Å². The summed E-state index contributed by atoms with van der Waals surface area (Å²) in [6, 6.07) is 25.0. The second-order valence-electron chi connectivity index (χ2n) is 5.35. The van der Waals surface area contributed by atoms with E-state index in [0.717, 1.165) is 27.7 Å². The van der Waals surface area contributed by atoms with Crippen molar-refractivity contribution in [2.75, 3.05) is 0 Å². The van der Waals surface area contributed by atoms with E-state index in [1.807, 2.05) is 18.2 Å². The number of aromatic nitrogens is 1. The van der Waals surface area contributed by atoms with Gasteiger partial charge >= 0.3 is 0 Å². The van der Waals surface area contributed by atoms with Crippen LogP contribution in [0.25, 0.3) is 32.9 Å². The summed E-state index contributed by atoms with van der Waals surface area (Å²) in [5.74, 6) is 0.455.